The first-order valence-corrected chi connectivity index (χ1v) is 9.71. The van der Waals surface area contributed by atoms with Crippen LogP contribution in [0.3, 0.4) is 0 Å². The number of hydrazine groups is 1. The van der Waals surface area contributed by atoms with Crippen LogP contribution in [-0.2, 0) is 0 Å². The molecule has 2 amide bonds. The summed E-state index contributed by atoms with van der Waals surface area (Å²) in [4.78, 5) is 33.4. The molecule has 5 N–H and O–H groups in total. The maximum absolute atomic E-state index is 12.5. The van der Waals surface area contributed by atoms with Crippen LogP contribution >= 0.6 is 34.8 Å². The van der Waals surface area contributed by atoms with Gasteiger partial charge in [0, 0.05) is 30.4 Å². The first kappa shape index (κ1) is 20.7. The molecule has 0 bridgehead atoms. The Labute approximate surface area is 176 Å². The number of carbonyl (C=O) groups excluding carboxylic acids is 2. The minimum atomic E-state index is -0.440. The number of pyridine rings is 1. The summed E-state index contributed by atoms with van der Waals surface area (Å²) in [6.45, 7) is 3.03. The lowest BCUT2D eigenvalue weighted by atomic mass is 10.0. The third-order valence-electron chi connectivity index (χ3n) is 4.61. The van der Waals surface area contributed by atoms with Crippen LogP contribution in [0, 0.1) is 6.92 Å². The van der Waals surface area contributed by atoms with Crippen molar-refractivity contribution in [2.75, 3.05) is 18.0 Å². The van der Waals surface area contributed by atoms with Crippen molar-refractivity contribution in [1.82, 2.24) is 20.7 Å². The van der Waals surface area contributed by atoms with Gasteiger partial charge in [0.1, 0.15) is 16.7 Å². The van der Waals surface area contributed by atoms with E-state index >= 15 is 0 Å². The third kappa shape index (κ3) is 4.35. The Morgan fingerprint density at radius 1 is 1.18 bits per heavy atom. The molecule has 2 aromatic heterocycles. The lowest BCUT2D eigenvalue weighted by molar-refractivity contribution is 0.0924. The van der Waals surface area contributed by atoms with E-state index in [1.807, 2.05) is 4.90 Å². The molecule has 1 fully saturated rings. The number of amides is 2. The summed E-state index contributed by atoms with van der Waals surface area (Å²) in [5, 5.41) is 3.76. The van der Waals surface area contributed by atoms with Gasteiger partial charge in [-0.25, -0.2) is 10.8 Å². The second-order valence-corrected chi connectivity index (χ2v) is 7.64. The van der Waals surface area contributed by atoms with Crippen molar-refractivity contribution < 1.29 is 9.59 Å². The van der Waals surface area contributed by atoms with E-state index in [1.165, 1.54) is 6.07 Å². The van der Waals surface area contributed by atoms with Crippen LogP contribution < -0.4 is 21.5 Å². The molecule has 3 heterocycles. The Balaban J connectivity index is 1.63. The minimum Gasteiger partial charge on any atom is -0.356 e. The number of hydrogen-bond donors (Lipinski definition) is 4. The largest absolute Gasteiger partial charge is 0.356 e. The van der Waals surface area contributed by atoms with Crippen LogP contribution in [0.1, 0.15) is 39.4 Å². The van der Waals surface area contributed by atoms with Gasteiger partial charge in [0.2, 0.25) is 0 Å². The predicted molar refractivity (Wildman–Crippen MR) is 109 cm³/mol. The molecule has 1 saturated heterocycles. The van der Waals surface area contributed by atoms with Gasteiger partial charge in [0.05, 0.1) is 10.0 Å². The second-order valence-electron chi connectivity index (χ2n) is 6.50. The summed E-state index contributed by atoms with van der Waals surface area (Å²) < 4.78 is 0. The van der Waals surface area contributed by atoms with Gasteiger partial charge >= 0.3 is 0 Å². The zero-order valence-electron chi connectivity index (χ0n) is 15.0. The molecule has 0 atom stereocenters. The van der Waals surface area contributed by atoms with Crippen LogP contribution in [0.4, 0.5) is 5.82 Å². The summed E-state index contributed by atoms with van der Waals surface area (Å²) in [6.07, 6.45) is 1.40. The molecule has 1 aliphatic rings. The first-order valence-electron chi connectivity index (χ1n) is 8.58. The number of nitrogens with zero attached hydrogens (tertiary/aromatic N) is 2. The number of carbonyl (C=O) groups is 2. The molecule has 0 unspecified atom stereocenters. The van der Waals surface area contributed by atoms with Gasteiger partial charge in [-0.2, -0.15) is 0 Å². The molecule has 0 saturated carbocycles. The average Bonchev–Trinajstić information content (AvgIpc) is 2.95. The first-order chi connectivity index (χ1) is 13.3. The number of aryl methyl sites for hydroxylation is 1. The second kappa shape index (κ2) is 8.57. The number of halogens is 3. The molecule has 0 spiro atoms. The highest BCUT2D eigenvalue weighted by atomic mass is 35.5. The Bertz CT molecular complexity index is 909. The minimum absolute atomic E-state index is 0.0202. The van der Waals surface area contributed by atoms with Gasteiger partial charge < -0.3 is 15.2 Å². The van der Waals surface area contributed by atoms with Gasteiger partial charge in [-0.15, -0.1) is 0 Å². The molecule has 0 radical (unpaired) electrons. The van der Waals surface area contributed by atoms with Crippen LogP contribution in [0.2, 0.25) is 15.2 Å². The van der Waals surface area contributed by atoms with Crippen LogP contribution in [0.5, 0.6) is 0 Å². The average molecular weight is 446 g/mol. The molecular formula is C17H19Cl3N6O2. The van der Waals surface area contributed by atoms with E-state index in [9.17, 15) is 9.59 Å². The lowest BCUT2D eigenvalue weighted by Crippen LogP contribution is -2.45. The number of nitrogens with one attached hydrogen (secondary N) is 3. The van der Waals surface area contributed by atoms with Crippen molar-refractivity contribution in [1.29, 1.82) is 0 Å². The molecule has 3 rings (SSSR count). The number of rotatable bonds is 4. The maximum Gasteiger partial charge on any atom is 0.269 e. The van der Waals surface area contributed by atoms with Crippen LogP contribution in [0.25, 0.3) is 0 Å². The standard InChI is InChI=1S/C17H19Cl3N6O2/c1-8-13(19)14(20)15(22-8)17(28)23-10-2-4-26(5-3-10)12-7-9(16(27)25-21)6-11(18)24-12/h6-7,10,22H,2-5,21H2,1H3,(H,23,28)(H,25,27). The van der Waals surface area contributed by atoms with Crippen LogP contribution in [0.15, 0.2) is 12.1 Å². The number of nitrogens with two attached hydrogens (primary N) is 1. The number of nitrogen functional groups attached to an aromatic ring is 1. The SMILES string of the molecule is Cc1[nH]c(C(=O)NC2CCN(c3cc(C(=O)NN)cc(Cl)n3)CC2)c(Cl)c1Cl. The Morgan fingerprint density at radius 2 is 1.86 bits per heavy atom. The number of H-pyrrole nitrogens is 1. The molecule has 0 aromatic carbocycles. The Kier molecular flexibility index (Phi) is 6.34. The van der Waals surface area contributed by atoms with Crippen molar-refractivity contribution in [2.45, 2.75) is 25.8 Å². The van der Waals surface area contributed by atoms with Crippen molar-refractivity contribution in [3.63, 3.8) is 0 Å². The van der Waals surface area contributed by atoms with Crippen molar-refractivity contribution >= 4 is 52.4 Å². The third-order valence-corrected chi connectivity index (χ3v) is 5.75. The van der Waals surface area contributed by atoms with Gasteiger partial charge in [-0.05, 0) is 31.9 Å². The fourth-order valence-corrected chi connectivity index (χ4v) is 3.72. The number of anilines is 1. The zero-order chi connectivity index (χ0) is 20.4. The topological polar surface area (TPSA) is 116 Å². The zero-order valence-corrected chi connectivity index (χ0v) is 17.3. The van der Waals surface area contributed by atoms with E-state index < -0.39 is 5.91 Å². The van der Waals surface area contributed by atoms with Gasteiger partial charge in [-0.3, -0.25) is 15.0 Å². The van der Waals surface area contributed by atoms with Gasteiger partial charge in [0.25, 0.3) is 11.8 Å². The Hall–Kier alpha value is -2.00. The summed E-state index contributed by atoms with van der Waals surface area (Å²) in [5.41, 5.74) is 3.33. The highest BCUT2D eigenvalue weighted by molar-refractivity contribution is 6.44. The summed E-state index contributed by atoms with van der Waals surface area (Å²) in [7, 11) is 0. The van der Waals surface area contributed by atoms with E-state index in [0.29, 0.717) is 48.0 Å². The number of piperidine rings is 1. The molecule has 11 heteroatoms. The highest BCUT2D eigenvalue weighted by Crippen LogP contribution is 2.29. The number of hydrogen-bond acceptors (Lipinski definition) is 5. The smallest absolute Gasteiger partial charge is 0.269 e. The molecule has 0 aliphatic carbocycles. The van der Waals surface area contributed by atoms with E-state index in [1.54, 1.807) is 13.0 Å². The van der Waals surface area contributed by atoms with Gasteiger partial charge in [-0.1, -0.05) is 34.8 Å². The monoisotopic (exact) mass is 444 g/mol. The fraction of sp³-hybridized carbons (Fsp3) is 0.353. The number of aromatic nitrogens is 2. The van der Waals surface area contributed by atoms with Crippen molar-refractivity contribution in [3.8, 4) is 0 Å². The summed E-state index contributed by atoms with van der Waals surface area (Å²) >= 11 is 18.2. The molecular weight excluding hydrogens is 427 g/mol. The Morgan fingerprint density at radius 3 is 2.43 bits per heavy atom. The molecule has 8 nitrogen and oxygen atoms in total. The molecule has 2 aromatic rings. The van der Waals surface area contributed by atoms with E-state index in [4.69, 9.17) is 40.6 Å². The molecule has 28 heavy (non-hydrogen) atoms. The van der Waals surface area contributed by atoms with E-state index in [2.05, 4.69) is 20.7 Å². The van der Waals surface area contributed by atoms with Crippen molar-refractivity contribution in [3.05, 3.63) is 44.3 Å². The lowest BCUT2D eigenvalue weighted by Gasteiger charge is -2.33. The predicted octanol–water partition coefficient (Wildman–Crippen LogP) is 2.68. The normalized spacial score (nSPS) is 14.8. The van der Waals surface area contributed by atoms with Crippen LogP contribution in [-0.4, -0.2) is 40.9 Å². The highest BCUT2D eigenvalue weighted by Gasteiger charge is 2.25. The summed E-state index contributed by atoms with van der Waals surface area (Å²) in [5.74, 6) is 5.04. The van der Waals surface area contributed by atoms with E-state index in [0.717, 1.165) is 0 Å². The fourth-order valence-electron chi connectivity index (χ4n) is 3.10. The summed E-state index contributed by atoms with van der Waals surface area (Å²) in [6, 6.07) is 3.07. The molecule has 1 aliphatic heterocycles. The number of aromatic amines is 1. The quantitative estimate of drug-likeness (QED) is 0.250. The molecule has 150 valence electrons. The maximum atomic E-state index is 12.5. The van der Waals surface area contributed by atoms with E-state index in [-0.39, 0.29) is 27.8 Å². The van der Waals surface area contributed by atoms with Crippen molar-refractivity contribution in [2.24, 2.45) is 5.84 Å². The van der Waals surface area contributed by atoms with Gasteiger partial charge in [0.15, 0.2) is 0 Å².